The lowest BCUT2D eigenvalue weighted by molar-refractivity contribution is -0.143. The lowest BCUT2D eigenvalue weighted by Crippen LogP contribution is -2.52. The summed E-state index contributed by atoms with van der Waals surface area (Å²) >= 11 is 0. The number of nitrogens with one attached hydrogen (secondary N) is 2. The number of hydrogen-bond acceptors (Lipinski definition) is 4. The number of carboxylic acids is 1. The van der Waals surface area contributed by atoms with Crippen LogP contribution >= 0.6 is 0 Å². The zero-order valence-corrected chi connectivity index (χ0v) is 19.0. The van der Waals surface area contributed by atoms with E-state index in [0.717, 1.165) is 36.8 Å². The second-order valence-corrected chi connectivity index (χ2v) is 9.63. The first kappa shape index (κ1) is 22.4. The molecule has 2 fully saturated rings. The quantitative estimate of drug-likeness (QED) is 0.576. The Morgan fingerprint density at radius 1 is 0.912 bits per heavy atom. The average molecular weight is 463 g/mol. The van der Waals surface area contributed by atoms with Crippen molar-refractivity contribution in [3.8, 4) is 11.1 Å². The average Bonchev–Trinajstić information content (AvgIpc) is 3.63. The maximum absolute atomic E-state index is 12.9. The SMILES string of the molecule is O=C(N[C@H]1CCCC[C@H]1C(=O)NC(C(=O)O)C1CC1)OCC1c2ccccc2-c2ccccc21. The zero-order chi connectivity index (χ0) is 23.7. The number of aliphatic carboxylic acids is 1. The van der Waals surface area contributed by atoms with Crippen LogP contribution in [0.25, 0.3) is 11.1 Å². The van der Waals surface area contributed by atoms with Crippen molar-refractivity contribution in [3.63, 3.8) is 0 Å². The molecule has 5 rings (SSSR count). The van der Waals surface area contributed by atoms with Crippen LogP contribution in [0.5, 0.6) is 0 Å². The topological polar surface area (TPSA) is 105 Å². The monoisotopic (exact) mass is 462 g/mol. The molecule has 34 heavy (non-hydrogen) atoms. The molecule has 0 radical (unpaired) electrons. The fourth-order valence-corrected chi connectivity index (χ4v) is 5.48. The number of benzene rings is 2. The summed E-state index contributed by atoms with van der Waals surface area (Å²) in [6.07, 6.45) is 4.18. The highest BCUT2D eigenvalue weighted by Gasteiger charge is 2.40. The van der Waals surface area contributed by atoms with Crippen LogP contribution in [0, 0.1) is 11.8 Å². The van der Waals surface area contributed by atoms with Gasteiger partial charge in [0, 0.05) is 12.0 Å². The van der Waals surface area contributed by atoms with Crippen LogP contribution < -0.4 is 10.6 Å². The molecular weight excluding hydrogens is 432 g/mol. The molecule has 1 unspecified atom stereocenters. The minimum atomic E-state index is -0.993. The Labute approximate surface area is 198 Å². The van der Waals surface area contributed by atoms with Gasteiger partial charge in [0.15, 0.2) is 0 Å². The Morgan fingerprint density at radius 2 is 1.53 bits per heavy atom. The third-order valence-corrected chi connectivity index (χ3v) is 7.41. The second kappa shape index (κ2) is 9.49. The van der Waals surface area contributed by atoms with Crippen molar-refractivity contribution in [2.24, 2.45) is 11.8 Å². The number of hydrogen-bond donors (Lipinski definition) is 3. The second-order valence-electron chi connectivity index (χ2n) is 9.63. The summed E-state index contributed by atoms with van der Waals surface area (Å²) < 4.78 is 5.66. The smallest absolute Gasteiger partial charge is 0.407 e. The molecule has 3 atom stereocenters. The molecule has 0 bridgehead atoms. The summed E-state index contributed by atoms with van der Waals surface area (Å²) in [6.45, 7) is 0.214. The predicted octanol–water partition coefficient (Wildman–Crippen LogP) is 4.06. The normalized spacial score (nSPS) is 22.2. The maximum atomic E-state index is 12.9. The van der Waals surface area contributed by atoms with Crippen molar-refractivity contribution in [2.45, 2.75) is 56.5 Å². The molecule has 0 aromatic heterocycles. The number of rotatable bonds is 7. The van der Waals surface area contributed by atoms with E-state index in [9.17, 15) is 19.5 Å². The molecule has 0 heterocycles. The Hall–Kier alpha value is -3.35. The van der Waals surface area contributed by atoms with E-state index in [1.807, 2.05) is 24.3 Å². The van der Waals surface area contributed by atoms with Crippen molar-refractivity contribution in [3.05, 3.63) is 59.7 Å². The van der Waals surface area contributed by atoms with E-state index in [4.69, 9.17) is 4.74 Å². The number of fused-ring (bicyclic) bond motifs is 3. The molecule has 178 valence electrons. The van der Waals surface area contributed by atoms with E-state index in [0.29, 0.717) is 12.8 Å². The minimum Gasteiger partial charge on any atom is -0.480 e. The molecule has 2 aromatic rings. The summed E-state index contributed by atoms with van der Waals surface area (Å²) in [6, 6.07) is 15.1. The molecule has 2 saturated carbocycles. The van der Waals surface area contributed by atoms with Crippen LogP contribution in [0.3, 0.4) is 0 Å². The van der Waals surface area contributed by atoms with Crippen LogP contribution in [-0.4, -0.2) is 41.8 Å². The zero-order valence-electron chi connectivity index (χ0n) is 19.0. The fraction of sp³-hybridized carbons (Fsp3) is 0.444. The molecule has 3 aliphatic carbocycles. The molecule has 2 amide bonds. The Kier molecular flexibility index (Phi) is 6.26. The molecule has 3 aliphatic rings. The van der Waals surface area contributed by atoms with Crippen molar-refractivity contribution in [1.82, 2.24) is 10.6 Å². The highest BCUT2D eigenvalue weighted by Crippen LogP contribution is 2.44. The lowest BCUT2D eigenvalue weighted by Gasteiger charge is -2.32. The summed E-state index contributed by atoms with van der Waals surface area (Å²) in [7, 11) is 0. The predicted molar refractivity (Wildman–Crippen MR) is 126 cm³/mol. The van der Waals surface area contributed by atoms with Gasteiger partial charge in [-0.05, 0) is 53.9 Å². The van der Waals surface area contributed by atoms with Crippen molar-refractivity contribution in [1.29, 1.82) is 0 Å². The molecule has 0 spiro atoms. The summed E-state index contributed by atoms with van der Waals surface area (Å²) in [4.78, 5) is 37.2. The van der Waals surface area contributed by atoms with Gasteiger partial charge in [-0.25, -0.2) is 9.59 Å². The highest BCUT2D eigenvalue weighted by molar-refractivity contribution is 5.86. The van der Waals surface area contributed by atoms with E-state index >= 15 is 0 Å². The van der Waals surface area contributed by atoms with Crippen LogP contribution in [0.2, 0.25) is 0 Å². The Bertz CT molecular complexity index is 1050. The number of amides is 2. The van der Waals surface area contributed by atoms with Gasteiger partial charge in [-0.3, -0.25) is 4.79 Å². The third kappa shape index (κ3) is 4.52. The van der Waals surface area contributed by atoms with Crippen LogP contribution in [0.15, 0.2) is 48.5 Å². The standard InChI is InChI=1S/C27H30N2O5/c30-25(29-24(26(31)32)16-13-14-16)21-11-5-6-12-23(21)28-27(33)34-15-22-19-9-3-1-7-17(19)18-8-2-4-10-20(18)22/h1-4,7-10,16,21-24H,5-6,11-15H2,(H,28,33)(H,29,30)(H,31,32)/t21-,23+,24?/m1/s1. The lowest BCUT2D eigenvalue weighted by atomic mass is 9.83. The molecule has 0 saturated heterocycles. The van der Waals surface area contributed by atoms with E-state index in [2.05, 4.69) is 34.9 Å². The van der Waals surface area contributed by atoms with Gasteiger partial charge in [0.2, 0.25) is 5.91 Å². The maximum Gasteiger partial charge on any atom is 0.407 e. The molecule has 2 aromatic carbocycles. The van der Waals surface area contributed by atoms with Crippen molar-refractivity contribution in [2.75, 3.05) is 6.61 Å². The van der Waals surface area contributed by atoms with Gasteiger partial charge in [-0.1, -0.05) is 61.4 Å². The Morgan fingerprint density at radius 3 is 2.15 bits per heavy atom. The van der Waals surface area contributed by atoms with Gasteiger partial charge < -0.3 is 20.5 Å². The first-order valence-corrected chi connectivity index (χ1v) is 12.2. The number of carbonyl (C=O) groups excluding carboxylic acids is 2. The van der Waals surface area contributed by atoms with E-state index in [-0.39, 0.29) is 30.4 Å². The molecular formula is C27H30N2O5. The van der Waals surface area contributed by atoms with Gasteiger partial charge in [0.25, 0.3) is 0 Å². The summed E-state index contributed by atoms with van der Waals surface area (Å²) in [5.74, 6) is -1.75. The molecule has 7 heteroatoms. The van der Waals surface area contributed by atoms with Gasteiger partial charge in [-0.15, -0.1) is 0 Å². The number of carbonyl (C=O) groups is 3. The van der Waals surface area contributed by atoms with Gasteiger partial charge in [0.1, 0.15) is 12.6 Å². The number of alkyl carbamates (subject to hydrolysis) is 1. The summed E-state index contributed by atoms with van der Waals surface area (Å²) in [5.41, 5.74) is 4.62. The minimum absolute atomic E-state index is 0.0126. The number of ether oxygens (including phenoxy) is 1. The van der Waals surface area contributed by atoms with E-state index in [1.54, 1.807) is 0 Å². The van der Waals surface area contributed by atoms with Gasteiger partial charge in [-0.2, -0.15) is 0 Å². The first-order valence-electron chi connectivity index (χ1n) is 12.2. The molecule has 7 nitrogen and oxygen atoms in total. The van der Waals surface area contributed by atoms with Crippen LogP contribution in [0.4, 0.5) is 4.79 Å². The van der Waals surface area contributed by atoms with Crippen molar-refractivity contribution < 1.29 is 24.2 Å². The summed E-state index contributed by atoms with van der Waals surface area (Å²) in [5, 5.41) is 15.1. The molecule has 3 N–H and O–H groups in total. The van der Waals surface area contributed by atoms with Crippen LogP contribution in [0.1, 0.15) is 55.6 Å². The Balaban J connectivity index is 1.21. The van der Waals surface area contributed by atoms with Gasteiger partial charge >= 0.3 is 12.1 Å². The van der Waals surface area contributed by atoms with Crippen molar-refractivity contribution >= 4 is 18.0 Å². The highest BCUT2D eigenvalue weighted by atomic mass is 16.5. The van der Waals surface area contributed by atoms with Gasteiger partial charge in [0.05, 0.1) is 5.92 Å². The van der Waals surface area contributed by atoms with E-state index in [1.165, 1.54) is 11.1 Å². The van der Waals surface area contributed by atoms with Crippen LogP contribution in [-0.2, 0) is 14.3 Å². The largest absolute Gasteiger partial charge is 0.480 e. The van der Waals surface area contributed by atoms with E-state index < -0.39 is 24.0 Å². The molecule has 0 aliphatic heterocycles. The third-order valence-electron chi connectivity index (χ3n) is 7.41. The fourth-order valence-electron chi connectivity index (χ4n) is 5.48. The first-order chi connectivity index (χ1) is 16.5. The number of carboxylic acid groups (broad SMARTS) is 1.